The Morgan fingerprint density at radius 3 is 2.71 bits per heavy atom. The average molecular weight is 296 g/mol. The lowest BCUT2D eigenvalue weighted by Gasteiger charge is -2.08. The van der Waals surface area contributed by atoms with Crippen LogP contribution in [0.5, 0.6) is 0 Å². The van der Waals surface area contributed by atoms with Crippen LogP contribution in [0.15, 0.2) is 24.4 Å². The Morgan fingerprint density at radius 2 is 2.10 bits per heavy atom. The van der Waals surface area contributed by atoms with E-state index in [-0.39, 0.29) is 0 Å². The number of hydrogen-bond acceptors (Lipinski definition) is 3. The van der Waals surface area contributed by atoms with Crippen LogP contribution in [0.2, 0.25) is 0 Å². The summed E-state index contributed by atoms with van der Waals surface area (Å²) in [5.74, 6) is 0.401. The van der Waals surface area contributed by atoms with E-state index in [0.29, 0.717) is 18.4 Å². The van der Waals surface area contributed by atoms with Gasteiger partial charge in [0.2, 0.25) is 0 Å². The molecule has 0 amide bonds. The van der Waals surface area contributed by atoms with Crippen LogP contribution in [-0.4, -0.2) is 20.8 Å². The maximum absolute atomic E-state index is 12.6. The highest BCUT2D eigenvalue weighted by atomic mass is 19.4. The molecular formula is C14H15F3N4. The van der Waals surface area contributed by atoms with Crippen LogP contribution in [0.25, 0.3) is 5.82 Å². The Morgan fingerprint density at radius 1 is 1.33 bits per heavy atom. The van der Waals surface area contributed by atoms with Crippen molar-refractivity contribution >= 4 is 0 Å². The van der Waals surface area contributed by atoms with Crippen molar-refractivity contribution in [2.24, 2.45) is 0 Å². The van der Waals surface area contributed by atoms with Gasteiger partial charge in [-0.1, -0.05) is 0 Å². The summed E-state index contributed by atoms with van der Waals surface area (Å²) >= 11 is 0. The van der Waals surface area contributed by atoms with Crippen LogP contribution in [-0.2, 0) is 12.7 Å². The third kappa shape index (κ3) is 3.41. The Balaban J connectivity index is 1.84. The fraction of sp³-hybridized carbons (Fsp3) is 0.429. The van der Waals surface area contributed by atoms with Crippen LogP contribution in [0.4, 0.5) is 13.2 Å². The zero-order valence-corrected chi connectivity index (χ0v) is 11.5. The predicted molar refractivity (Wildman–Crippen MR) is 71.0 cm³/mol. The van der Waals surface area contributed by atoms with Crippen molar-refractivity contribution in [3.05, 3.63) is 41.3 Å². The summed E-state index contributed by atoms with van der Waals surface area (Å²) in [6.07, 6.45) is -0.788. The number of rotatable bonds is 4. The average Bonchev–Trinajstić information content (AvgIpc) is 3.08. The van der Waals surface area contributed by atoms with E-state index in [1.54, 1.807) is 6.07 Å². The van der Waals surface area contributed by atoms with Gasteiger partial charge >= 0.3 is 6.18 Å². The van der Waals surface area contributed by atoms with Crippen molar-refractivity contribution in [2.45, 2.75) is 38.5 Å². The van der Waals surface area contributed by atoms with E-state index in [9.17, 15) is 13.2 Å². The summed E-state index contributed by atoms with van der Waals surface area (Å²) < 4.78 is 38.9. The van der Waals surface area contributed by atoms with Gasteiger partial charge in [-0.25, -0.2) is 9.67 Å². The molecule has 0 spiro atoms. The molecule has 0 unspecified atom stereocenters. The van der Waals surface area contributed by atoms with E-state index in [4.69, 9.17) is 0 Å². The molecule has 3 rings (SSSR count). The quantitative estimate of drug-likeness (QED) is 0.943. The number of aromatic nitrogens is 3. The Labute approximate surface area is 120 Å². The molecular weight excluding hydrogens is 281 g/mol. The van der Waals surface area contributed by atoms with Gasteiger partial charge in [-0.15, -0.1) is 0 Å². The summed E-state index contributed by atoms with van der Waals surface area (Å²) in [6.45, 7) is 2.51. The zero-order valence-electron chi connectivity index (χ0n) is 11.5. The maximum Gasteiger partial charge on any atom is 0.435 e. The SMILES string of the molecule is Cc1cc(CNC2CC2)cc(-n2ccc(C(F)(F)F)n2)n1. The number of pyridine rings is 1. The smallest absolute Gasteiger partial charge is 0.310 e. The van der Waals surface area contributed by atoms with Gasteiger partial charge in [-0.3, -0.25) is 0 Å². The second-order valence-corrected chi connectivity index (χ2v) is 5.27. The van der Waals surface area contributed by atoms with E-state index in [1.165, 1.54) is 19.0 Å². The molecule has 0 bridgehead atoms. The molecule has 112 valence electrons. The first-order valence-electron chi connectivity index (χ1n) is 6.76. The molecule has 21 heavy (non-hydrogen) atoms. The number of alkyl halides is 3. The summed E-state index contributed by atoms with van der Waals surface area (Å²) in [6, 6.07) is 5.21. The van der Waals surface area contributed by atoms with Crippen molar-refractivity contribution in [2.75, 3.05) is 0 Å². The van der Waals surface area contributed by atoms with Crippen LogP contribution >= 0.6 is 0 Å². The molecule has 1 fully saturated rings. The lowest BCUT2D eigenvalue weighted by molar-refractivity contribution is -0.141. The van der Waals surface area contributed by atoms with E-state index in [0.717, 1.165) is 22.0 Å². The van der Waals surface area contributed by atoms with Crippen molar-refractivity contribution in [1.29, 1.82) is 0 Å². The first kappa shape index (κ1) is 14.1. The molecule has 7 heteroatoms. The largest absolute Gasteiger partial charge is 0.435 e. The fourth-order valence-electron chi connectivity index (χ4n) is 2.09. The van der Waals surface area contributed by atoms with Crippen molar-refractivity contribution < 1.29 is 13.2 Å². The molecule has 1 aliphatic carbocycles. The predicted octanol–water partition coefficient (Wildman–Crippen LogP) is 2.85. The van der Waals surface area contributed by atoms with Gasteiger partial charge in [0.15, 0.2) is 11.5 Å². The Hall–Kier alpha value is -1.89. The van der Waals surface area contributed by atoms with Crippen LogP contribution < -0.4 is 5.32 Å². The summed E-state index contributed by atoms with van der Waals surface area (Å²) in [5.41, 5.74) is 0.834. The number of nitrogens with one attached hydrogen (secondary N) is 1. The Bertz CT molecular complexity index is 644. The molecule has 2 aromatic rings. The van der Waals surface area contributed by atoms with Gasteiger partial charge in [0, 0.05) is 24.5 Å². The van der Waals surface area contributed by atoms with Gasteiger partial charge in [-0.2, -0.15) is 18.3 Å². The number of hydrogen-bond donors (Lipinski definition) is 1. The molecule has 1 saturated carbocycles. The first-order valence-corrected chi connectivity index (χ1v) is 6.76. The second-order valence-electron chi connectivity index (χ2n) is 5.27. The molecule has 2 heterocycles. The molecule has 0 aromatic carbocycles. The van der Waals surface area contributed by atoms with Crippen LogP contribution in [0.3, 0.4) is 0 Å². The molecule has 4 nitrogen and oxygen atoms in total. The monoisotopic (exact) mass is 296 g/mol. The molecule has 0 radical (unpaired) electrons. The number of aryl methyl sites for hydroxylation is 1. The van der Waals surface area contributed by atoms with Gasteiger partial charge < -0.3 is 5.32 Å². The standard InChI is InChI=1S/C14H15F3N4/c1-9-6-10(8-18-11-2-3-11)7-13(19-9)21-5-4-12(20-21)14(15,16)17/h4-7,11,18H,2-3,8H2,1H3. The van der Waals surface area contributed by atoms with E-state index >= 15 is 0 Å². The highest BCUT2D eigenvalue weighted by molar-refractivity contribution is 5.30. The fourth-order valence-corrected chi connectivity index (χ4v) is 2.09. The van der Waals surface area contributed by atoms with Gasteiger partial charge in [0.25, 0.3) is 0 Å². The molecule has 0 aliphatic heterocycles. The summed E-state index contributed by atoms with van der Waals surface area (Å²) in [5, 5.41) is 6.92. The minimum Gasteiger partial charge on any atom is -0.310 e. The Kier molecular flexibility index (Phi) is 3.44. The van der Waals surface area contributed by atoms with E-state index in [2.05, 4.69) is 15.4 Å². The molecule has 1 aliphatic rings. The summed E-state index contributed by atoms with van der Waals surface area (Å²) in [4.78, 5) is 4.25. The summed E-state index contributed by atoms with van der Waals surface area (Å²) in [7, 11) is 0. The molecule has 0 atom stereocenters. The van der Waals surface area contributed by atoms with Gasteiger partial charge in [0.1, 0.15) is 0 Å². The van der Waals surface area contributed by atoms with Crippen molar-refractivity contribution in [3.8, 4) is 5.82 Å². The highest BCUT2D eigenvalue weighted by Gasteiger charge is 2.33. The van der Waals surface area contributed by atoms with Crippen molar-refractivity contribution in [1.82, 2.24) is 20.1 Å². The minimum absolute atomic E-state index is 0.401. The van der Waals surface area contributed by atoms with Gasteiger partial charge in [-0.05, 0) is 43.5 Å². The second kappa shape index (κ2) is 5.14. The normalized spacial score (nSPS) is 15.4. The molecule has 0 saturated heterocycles. The van der Waals surface area contributed by atoms with Crippen LogP contribution in [0, 0.1) is 6.92 Å². The topological polar surface area (TPSA) is 42.7 Å². The molecule has 1 N–H and O–H groups in total. The lowest BCUT2D eigenvalue weighted by Crippen LogP contribution is -2.16. The number of halogens is 3. The van der Waals surface area contributed by atoms with E-state index in [1.807, 2.05) is 13.0 Å². The third-order valence-electron chi connectivity index (χ3n) is 3.29. The third-order valence-corrected chi connectivity index (χ3v) is 3.29. The van der Waals surface area contributed by atoms with Crippen LogP contribution in [0.1, 0.15) is 29.8 Å². The van der Waals surface area contributed by atoms with Gasteiger partial charge in [0.05, 0.1) is 0 Å². The maximum atomic E-state index is 12.6. The zero-order chi connectivity index (χ0) is 15.0. The number of nitrogens with zero attached hydrogens (tertiary/aromatic N) is 3. The van der Waals surface area contributed by atoms with Crippen molar-refractivity contribution in [3.63, 3.8) is 0 Å². The lowest BCUT2D eigenvalue weighted by atomic mass is 10.2. The highest BCUT2D eigenvalue weighted by Crippen LogP contribution is 2.27. The first-order chi connectivity index (χ1) is 9.91. The molecule has 2 aromatic heterocycles. The van der Waals surface area contributed by atoms with E-state index < -0.39 is 11.9 Å². The minimum atomic E-state index is -4.44.